The van der Waals surface area contributed by atoms with Crippen molar-refractivity contribution in [2.45, 2.75) is 65.3 Å². The zero-order valence-electron chi connectivity index (χ0n) is 11.2. The van der Waals surface area contributed by atoms with Crippen LogP contribution in [-0.4, -0.2) is 12.6 Å². The summed E-state index contributed by atoms with van der Waals surface area (Å²) < 4.78 is 0. The second-order valence-electron chi connectivity index (χ2n) is 7.80. The molecule has 3 unspecified atom stereocenters. The summed E-state index contributed by atoms with van der Waals surface area (Å²) in [4.78, 5) is 0. The Morgan fingerprint density at radius 3 is 2.50 bits per heavy atom. The van der Waals surface area contributed by atoms with Crippen LogP contribution in [0.2, 0.25) is 0 Å². The molecule has 0 radical (unpaired) electrons. The smallest absolute Gasteiger partial charge is 0.00683 e. The first-order valence-electron chi connectivity index (χ1n) is 7.23. The molecule has 16 heavy (non-hydrogen) atoms. The van der Waals surface area contributed by atoms with E-state index >= 15 is 0 Å². The Labute approximate surface area is 100 Å². The van der Waals surface area contributed by atoms with Gasteiger partial charge in [-0.2, -0.15) is 0 Å². The van der Waals surface area contributed by atoms with Crippen LogP contribution in [0, 0.1) is 22.7 Å². The summed E-state index contributed by atoms with van der Waals surface area (Å²) in [5.74, 6) is 1.96. The van der Waals surface area contributed by atoms with Gasteiger partial charge in [0.2, 0.25) is 0 Å². The molecular formula is C15H27N. The van der Waals surface area contributed by atoms with E-state index in [0.29, 0.717) is 5.41 Å². The van der Waals surface area contributed by atoms with E-state index in [1.54, 1.807) is 0 Å². The van der Waals surface area contributed by atoms with Gasteiger partial charge in [-0.15, -0.1) is 0 Å². The molecule has 0 aromatic carbocycles. The van der Waals surface area contributed by atoms with E-state index in [0.717, 1.165) is 23.3 Å². The van der Waals surface area contributed by atoms with Gasteiger partial charge in [0.25, 0.3) is 0 Å². The second-order valence-corrected chi connectivity index (χ2v) is 7.80. The van der Waals surface area contributed by atoms with Crippen molar-refractivity contribution in [1.29, 1.82) is 0 Å². The summed E-state index contributed by atoms with van der Waals surface area (Å²) in [5.41, 5.74) is 1.36. The molecule has 0 aromatic heterocycles. The quantitative estimate of drug-likeness (QED) is 0.768. The average Bonchev–Trinajstić information content (AvgIpc) is 2.96. The SMILES string of the molecule is CC1CC(C)(C)CC2(C1)CC2CNC1CC1. The van der Waals surface area contributed by atoms with Crippen LogP contribution in [0.5, 0.6) is 0 Å². The van der Waals surface area contributed by atoms with E-state index < -0.39 is 0 Å². The Kier molecular flexibility index (Phi) is 2.41. The zero-order valence-corrected chi connectivity index (χ0v) is 11.2. The normalized spacial score (nSPS) is 45.9. The Hall–Kier alpha value is -0.0400. The topological polar surface area (TPSA) is 12.0 Å². The molecule has 0 aromatic rings. The van der Waals surface area contributed by atoms with E-state index in [-0.39, 0.29) is 0 Å². The molecule has 92 valence electrons. The lowest BCUT2D eigenvalue weighted by Gasteiger charge is -2.40. The van der Waals surface area contributed by atoms with Gasteiger partial charge >= 0.3 is 0 Å². The van der Waals surface area contributed by atoms with Crippen LogP contribution in [0.1, 0.15) is 59.3 Å². The maximum absolute atomic E-state index is 3.73. The first kappa shape index (κ1) is 11.1. The molecule has 1 N–H and O–H groups in total. The first-order valence-corrected chi connectivity index (χ1v) is 7.23. The third-order valence-corrected chi connectivity index (χ3v) is 5.08. The lowest BCUT2D eigenvalue weighted by atomic mass is 9.65. The first-order chi connectivity index (χ1) is 7.49. The summed E-state index contributed by atoms with van der Waals surface area (Å²) in [6.07, 6.45) is 8.82. The lowest BCUT2D eigenvalue weighted by molar-refractivity contribution is 0.107. The highest BCUT2D eigenvalue weighted by Crippen LogP contribution is 2.65. The van der Waals surface area contributed by atoms with Crippen LogP contribution in [0.4, 0.5) is 0 Å². The molecule has 1 spiro atoms. The van der Waals surface area contributed by atoms with Crippen molar-refractivity contribution in [3.63, 3.8) is 0 Å². The molecule has 0 saturated heterocycles. The number of nitrogens with one attached hydrogen (secondary N) is 1. The third kappa shape index (κ3) is 2.16. The standard InChI is InChI=1S/C15H27N/c1-11-6-14(2,3)10-15(7-11)8-12(15)9-16-13-4-5-13/h11-13,16H,4-10H2,1-3H3. The van der Waals surface area contributed by atoms with Gasteiger partial charge in [-0.3, -0.25) is 0 Å². The molecule has 0 bridgehead atoms. The molecule has 1 nitrogen and oxygen atoms in total. The van der Waals surface area contributed by atoms with Crippen molar-refractivity contribution in [2.24, 2.45) is 22.7 Å². The second kappa shape index (κ2) is 3.48. The predicted molar refractivity (Wildman–Crippen MR) is 68.4 cm³/mol. The minimum Gasteiger partial charge on any atom is -0.314 e. The van der Waals surface area contributed by atoms with Crippen LogP contribution in [-0.2, 0) is 0 Å². The number of hydrogen-bond acceptors (Lipinski definition) is 1. The van der Waals surface area contributed by atoms with Crippen LogP contribution < -0.4 is 5.32 Å². The van der Waals surface area contributed by atoms with Gasteiger partial charge in [-0.05, 0) is 67.7 Å². The highest BCUT2D eigenvalue weighted by Gasteiger charge is 2.58. The summed E-state index contributed by atoms with van der Waals surface area (Å²) in [6.45, 7) is 8.74. The van der Waals surface area contributed by atoms with Gasteiger partial charge in [0.1, 0.15) is 0 Å². The van der Waals surface area contributed by atoms with Gasteiger partial charge in [0, 0.05) is 6.04 Å². The largest absolute Gasteiger partial charge is 0.314 e. The predicted octanol–water partition coefficient (Wildman–Crippen LogP) is 3.59. The Morgan fingerprint density at radius 2 is 1.88 bits per heavy atom. The lowest BCUT2D eigenvalue weighted by Crippen LogP contribution is -2.31. The molecule has 3 atom stereocenters. The summed E-state index contributed by atoms with van der Waals surface area (Å²) in [5, 5.41) is 3.73. The average molecular weight is 221 g/mol. The Morgan fingerprint density at radius 1 is 1.12 bits per heavy atom. The van der Waals surface area contributed by atoms with E-state index in [9.17, 15) is 0 Å². The maximum atomic E-state index is 3.73. The van der Waals surface area contributed by atoms with E-state index in [1.807, 2.05) is 0 Å². The van der Waals surface area contributed by atoms with Crippen molar-refractivity contribution in [3.8, 4) is 0 Å². The molecule has 1 heteroatoms. The highest BCUT2D eigenvalue weighted by molar-refractivity contribution is 5.08. The van der Waals surface area contributed by atoms with Crippen molar-refractivity contribution in [3.05, 3.63) is 0 Å². The molecule has 0 aliphatic heterocycles. The fourth-order valence-corrected chi connectivity index (χ4v) is 4.59. The Balaban J connectivity index is 1.57. The molecular weight excluding hydrogens is 194 g/mol. The molecule has 0 amide bonds. The third-order valence-electron chi connectivity index (χ3n) is 5.08. The monoisotopic (exact) mass is 221 g/mol. The highest BCUT2D eigenvalue weighted by atomic mass is 15.0. The van der Waals surface area contributed by atoms with Crippen LogP contribution >= 0.6 is 0 Å². The molecule has 3 aliphatic carbocycles. The fraction of sp³-hybridized carbons (Fsp3) is 1.00. The molecule has 3 aliphatic rings. The van der Waals surface area contributed by atoms with Crippen molar-refractivity contribution in [1.82, 2.24) is 5.32 Å². The van der Waals surface area contributed by atoms with Gasteiger partial charge < -0.3 is 5.32 Å². The Bertz CT molecular complexity index is 279. The van der Waals surface area contributed by atoms with Crippen LogP contribution in [0.15, 0.2) is 0 Å². The minimum absolute atomic E-state index is 0.603. The maximum Gasteiger partial charge on any atom is 0.00683 e. The van der Waals surface area contributed by atoms with Gasteiger partial charge in [-0.25, -0.2) is 0 Å². The van der Waals surface area contributed by atoms with Gasteiger partial charge in [0.15, 0.2) is 0 Å². The van der Waals surface area contributed by atoms with Crippen molar-refractivity contribution < 1.29 is 0 Å². The zero-order chi connectivity index (χ0) is 11.4. The number of rotatable bonds is 3. The minimum atomic E-state index is 0.603. The number of hydrogen-bond donors (Lipinski definition) is 1. The van der Waals surface area contributed by atoms with E-state index in [1.165, 1.54) is 45.1 Å². The van der Waals surface area contributed by atoms with Crippen molar-refractivity contribution >= 4 is 0 Å². The molecule has 3 saturated carbocycles. The summed E-state index contributed by atoms with van der Waals surface area (Å²) in [6, 6.07) is 0.895. The van der Waals surface area contributed by atoms with Gasteiger partial charge in [0.05, 0.1) is 0 Å². The van der Waals surface area contributed by atoms with E-state index in [2.05, 4.69) is 26.1 Å². The molecule has 3 rings (SSSR count). The van der Waals surface area contributed by atoms with Crippen LogP contribution in [0.3, 0.4) is 0 Å². The van der Waals surface area contributed by atoms with Gasteiger partial charge in [-0.1, -0.05) is 20.8 Å². The summed E-state index contributed by atoms with van der Waals surface area (Å²) >= 11 is 0. The van der Waals surface area contributed by atoms with Crippen LogP contribution in [0.25, 0.3) is 0 Å². The molecule has 0 heterocycles. The fourth-order valence-electron chi connectivity index (χ4n) is 4.59. The van der Waals surface area contributed by atoms with E-state index in [4.69, 9.17) is 0 Å². The summed E-state index contributed by atoms with van der Waals surface area (Å²) in [7, 11) is 0. The molecule has 3 fully saturated rings. The van der Waals surface area contributed by atoms with Crippen molar-refractivity contribution in [2.75, 3.05) is 6.54 Å².